The van der Waals surface area contributed by atoms with Crippen molar-refractivity contribution in [1.29, 1.82) is 0 Å². The van der Waals surface area contributed by atoms with E-state index in [1.807, 2.05) is 0 Å². The monoisotopic (exact) mass is 168 g/mol. The normalized spacial score (nSPS) is 45.1. The van der Waals surface area contributed by atoms with Crippen molar-refractivity contribution in [3.8, 4) is 0 Å². The molecular formula is C9H16N2O. The SMILES string of the molecule is NC(=O)CC1(N)C[C@H]2CCC[C@H]21. The first kappa shape index (κ1) is 8.05. The molecule has 0 bridgehead atoms. The van der Waals surface area contributed by atoms with Crippen LogP contribution in [0.25, 0.3) is 0 Å². The summed E-state index contributed by atoms with van der Waals surface area (Å²) in [5, 5.41) is 0. The van der Waals surface area contributed by atoms with Crippen LogP contribution in [0.1, 0.15) is 32.1 Å². The molecule has 3 nitrogen and oxygen atoms in total. The highest BCUT2D eigenvalue weighted by Crippen LogP contribution is 2.53. The number of carbonyl (C=O) groups is 1. The van der Waals surface area contributed by atoms with Gasteiger partial charge in [0.15, 0.2) is 0 Å². The third kappa shape index (κ3) is 1.04. The van der Waals surface area contributed by atoms with E-state index in [9.17, 15) is 4.79 Å². The Hall–Kier alpha value is -0.570. The molecule has 0 saturated heterocycles. The second-order valence-electron chi connectivity index (χ2n) is 4.38. The Labute approximate surface area is 72.5 Å². The van der Waals surface area contributed by atoms with Gasteiger partial charge in [-0.25, -0.2) is 0 Å². The molecule has 2 rings (SSSR count). The molecule has 0 spiro atoms. The molecule has 0 heterocycles. The standard InChI is InChI=1S/C9H16N2O/c10-8(12)5-9(11)4-6-2-1-3-7(6)9/h6-7H,1-5,11H2,(H2,10,12)/t6-,7-,9?/m1/s1. The lowest BCUT2D eigenvalue weighted by molar-refractivity contribution is -0.121. The summed E-state index contributed by atoms with van der Waals surface area (Å²) < 4.78 is 0. The maximum atomic E-state index is 10.7. The summed E-state index contributed by atoms with van der Waals surface area (Å²) in [6.45, 7) is 0. The largest absolute Gasteiger partial charge is 0.370 e. The summed E-state index contributed by atoms with van der Waals surface area (Å²) in [6.07, 6.45) is 5.19. The Morgan fingerprint density at radius 3 is 2.83 bits per heavy atom. The highest BCUT2D eigenvalue weighted by atomic mass is 16.1. The van der Waals surface area contributed by atoms with E-state index in [-0.39, 0.29) is 11.4 Å². The van der Waals surface area contributed by atoms with Crippen molar-refractivity contribution in [2.24, 2.45) is 23.3 Å². The Kier molecular flexibility index (Phi) is 1.65. The lowest BCUT2D eigenvalue weighted by atomic mass is 9.59. The van der Waals surface area contributed by atoms with E-state index in [1.54, 1.807) is 0 Å². The van der Waals surface area contributed by atoms with Gasteiger partial charge in [-0.1, -0.05) is 12.8 Å². The summed E-state index contributed by atoms with van der Waals surface area (Å²) in [5.74, 6) is 1.14. The van der Waals surface area contributed by atoms with Gasteiger partial charge in [0, 0.05) is 12.0 Å². The van der Waals surface area contributed by atoms with Gasteiger partial charge in [-0.05, 0) is 24.7 Å². The molecule has 68 valence electrons. The molecule has 2 fully saturated rings. The summed E-state index contributed by atoms with van der Waals surface area (Å²) in [5.41, 5.74) is 11.0. The van der Waals surface area contributed by atoms with E-state index >= 15 is 0 Å². The van der Waals surface area contributed by atoms with Crippen LogP contribution < -0.4 is 11.5 Å². The molecule has 1 amide bonds. The van der Waals surface area contributed by atoms with Crippen molar-refractivity contribution in [2.75, 3.05) is 0 Å². The lowest BCUT2D eigenvalue weighted by Gasteiger charge is -2.49. The highest BCUT2D eigenvalue weighted by molar-refractivity contribution is 5.75. The minimum absolute atomic E-state index is 0.229. The van der Waals surface area contributed by atoms with Crippen molar-refractivity contribution < 1.29 is 4.79 Å². The van der Waals surface area contributed by atoms with Gasteiger partial charge in [0.05, 0.1) is 0 Å². The van der Waals surface area contributed by atoms with Gasteiger partial charge in [0.25, 0.3) is 0 Å². The topological polar surface area (TPSA) is 69.1 Å². The van der Waals surface area contributed by atoms with E-state index < -0.39 is 0 Å². The number of hydrogen-bond donors (Lipinski definition) is 2. The first-order valence-electron chi connectivity index (χ1n) is 4.69. The fraction of sp³-hybridized carbons (Fsp3) is 0.889. The molecule has 2 saturated carbocycles. The third-order valence-corrected chi connectivity index (χ3v) is 3.54. The molecule has 2 aliphatic rings. The Balaban J connectivity index is 2.00. The van der Waals surface area contributed by atoms with Crippen LogP contribution in [-0.4, -0.2) is 11.4 Å². The van der Waals surface area contributed by atoms with Crippen LogP contribution in [0.2, 0.25) is 0 Å². The fourth-order valence-electron chi connectivity index (χ4n) is 3.04. The Bertz CT molecular complexity index is 217. The zero-order valence-corrected chi connectivity index (χ0v) is 7.25. The molecule has 3 heteroatoms. The van der Waals surface area contributed by atoms with Crippen LogP contribution in [0.4, 0.5) is 0 Å². The number of rotatable bonds is 2. The lowest BCUT2D eigenvalue weighted by Crippen LogP contribution is -2.60. The van der Waals surface area contributed by atoms with Crippen LogP contribution in [0.3, 0.4) is 0 Å². The van der Waals surface area contributed by atoms with Gasteiger partial charge in [-0.2, -0.15) is 0 Å². The molecule has 0 aromatic rings. The zero-order chi connectivity index (χ0) is 8.77. The smallest absolute Gasteiger partial charge is 0.219 e. The molecule has 2 aliphatic carbocycles. The molecule has 0 aliphatic heterocycles. The van der Waals surface area contributed by atoms with Crippen molar-refractivity contribution in [2.45, 2.75) is 37.6 Å². The van der Waals surface area contributed by atoms with Gasteiger partial charge in [0.2, 0.25) is 5.91 Å². The van der Waals surface area contributed by atoms with Gasteiger partial charge in [-0.3, -0.25) is 4.79 Å². The van der Waals surface area contributed by atoms with E-state index in [0.717, 1.165) is 12.3 Å². The Morgan fingerprint density at radius 2 is 2.25 bits per heavy atom. The van der Waals surface area contributed by atoms with Crippen LogP contribution in [-0.2, 0) is 4.79 Å². The molecule has 12 heavy (non-hydrogen) atoms. The van der Waals surface area contributed by atoms with Crippen LogP contribution in [0.5, 0.6) is 0 Å². The van der Waals surface area contributed by atoms with Crippen molar-refractivity contribution in [3.05, 3.63) is 0 Å². The number of amides is 1. The second-order valence-corrected chi connectivity index (χ2v) is 4.38. The van der Waals surface area contributed by atoms with Crippen molar-refractivity contribution in [3.63, 3.8) is 0 Å². The fourth-order valence-corrected chi connectivity index (χ4v) is 3.04. The molecule has 3 atom stereocenters. The average Bonchev–Trinajstić information content (AvgIpc) is 2.29. The van der Waals surface area contributed by atoms with Gasteiger partial charge in [0.1, 0.15) is 0 Å². The van der Waals surface area contributed by atoms with Crippen LogP contribution in [0.15, 0.2) is 0 Å². The van der Waals surface area contributed by atoms with E-state index in [1.165, 1.54) is 19.3 Å². The van der Waals surface area contributed by atoms with Gasteiger partial charge in [-0.15, -0.1) is 0 Å². The predicted octanol–water partition coefficient (Wildman–Crippen LogP) is 0.379. The van der Waals surface area contributed by atoms with Crippen molar-refractivity contribution >= 4 is 5.91 Å². The van der Waals surface area contributed by atoms with Gasteiger partial charge >= 0.3 is 0 Å². The van der Waals surface area contributed by atoms with E-state index in [4.69, 9.17) is 11.5 Å². The number of carbonyl (C=O) groups excluding carboxylic acids is 1. The zero-order valence-electron chi connectivity index (χ0n) is 7.25. The molecule has 4 N–H and O–H groups in total. The van der Waals surface area contributed by atoms with Crippen LogP contribution in [0, 0.1) is 11.8 Å². The van der Waals surface area contributed by atoms with E-state index in [2.05, 4.69) is 0 Å². The molecule has 0 aromatic heterocycles. The summed E-state index contributed by atoms with van der Waals surface area (Å²) in [4.78, 5) is 10.7. The summed E-state index contributed by atoms with van der Waals surface area (Å²) >= 11 is 0. The molecular weight excluding hydrogens is 152 g/mol. The Morgan fingerprint density at radius 1 is 1.50 bits per heavy atom. The quantitative estimate of drug-likeness (QED) is 0.625. The minimum Gasteiger partial charge on any atom is -0.370 e. The highest BCUT2D eigenvalue weighted by Gasteiger charge is 2.53. The summed E-state index contributed by atoms with van der Waals surface area (Å²) in [6, 6.07) is 0. The maximum absolute atomic E-state index is 10.7. The minimum atomic E-state index is -0.247. The molecule has 0 radical (unpaired) electrons. The number of fused-ring (bicyclic) bond motifs is 1. The third-order valence-electron chi connectivity index (χ3n) is 3.54. The first-order chi connectivity index (χ1) is 5.62. The summed E-state index contributed by atoms with van der Waals surface area (Å²) in [7, 11) is 0. The first-order valence-corrected chi connectivity index (χ1v) is 4.69. The predicted molar refractivity (Wildman–Crippen MR) is 46.2 cm³/mol. The molecule has 1 unspecified atom stereocenters. The van der Waals surface area contributed by atoms with Gasteiger partial charge < -0.3 is 11.5 Å². The second kappa shape index (κ2) is 2.46. The number of hydrogen-bond acceptors (Lipinski definition) is 2. The number of nitrogens with two attached hydrogens (primary N) is 2. The molecule has 0 aromatic carbocycles. The van der Waals surface area contributed by atoms with Crippen molar-refractivity contribution in [1.82, 2.24) is 0 Å². The number of primary amides is 1. The maximum Gasteiger partial charge on any atom is 0.219 e. The average molecular weight is 168 g/mol. The van der Waals surface area contributed by atoms with Crippen LogP contribution >= 0.6 is 0 Å². The van der Waals surface area contributed by atoms with E-state index in [0.29, 0.717) is 12.3 Å².